The zero-order valence-electron chi connectivity index (χ0n) is 19.6. The molecule has 6 aliphatic rings. The first-order valence-corrected chi connectivity index (χ1v) is 14.6. The molecular formula is C27H45Cr. The second-order valence-electron chi connectivity index (χ2n) is 14.4. The van der Waals surface area contributed by atoms with Crippen LogP contribution >= 0.6 is 0 Å². The number of fused-ring (bicyclic) bond motifs is 6. The third-order valence-electron chi connectivity index (χ3n) is 12.0. The molecule has 6 aliphatic carbocycles. The van der Waals surface area contributed by atoms with Crippen LogP contribution in [0.5, 0.6) is 0 Å². The molecule has 6 rings (SSSR count). The zero-order chi connectivity index (χ0) is 19.8. The molecule has 0 aliphatic heterocycles. The summed E-state index contributed by atoms with van der Waals surface area (Å²) in [5.74, 6) is 3.24. The van der Waals surface area contributed by atoms with Crippen molar-refractivity contribution in [2.75, 3.05) is 0 Å². The van der Waals surface area contributed by atoms with Gasteiger partial charge in [0.2, 0.25) is 0 Å². The molecule has 6 unspecified atom stereocenters. The Morgan fingerprint density at radius 3 is 0.929 bits per heavy atom. The average molecular weight is 422 g/mol. The van der Waals surface area contributed by atoms with Crippen molar-refractivity contribution in [1.82, 2.24) is 0 Å². The Morgan fingerprint density at radius 2 is 0.750 bits per heavy atom. The third kappa shape index (κ3) is 1.98. The van der Waals surface area contributed by atoms with Gasteiger partial charge in [-0.15, -0.1) is 0 Å². The summed E-state index contributed by atoms with van der Waals surface area (Å²) >= 11 is -0.844. The normalized spacial score (nSPS) is 54.3. The average Bonchev–Trinajstić information content (AvgIpc) is 3.34. The van der Waals surface area contributed by atoms with Gasteiger partial charge in [0.25, 0.3) is 0 Å². The minimum atomic E-state index is -0.844. The Morgan fingerprint density at radius 1 is 0.464 bits per heavy atom. The Labute approximate surface area is 179 Å². The van der Waals surface area contributed by atoms with Crippen LogP contribution in [-0.2, 0) is 14.1 Å². The van der Waals surface area contributed by atoms with Gasteiger partial charge in [0.15, 0.2) is 0 Å². The molecule has 0 spiro atoms. The molecule has 0 N–H and O–H groups in total. The summed E-state index contributed by atoms with van der Waals surface area (Å²) in [5, 5.41) is 0. The monoisotopic (exact) mass is 421 g/mol. The van der Waals surface area contributed by atoms with Gasteiger partial charge >= 0.3 is 180 Å². The van der Waals surface area contributed by atoms with E-state index in [-0.39, 0.29) is 0 Å². The van der Waals surface area contributed by atoms with Crippen LogP contribution in [0.2, 0.25) is 12.8 Å². The van der Waals surface area contributed by atoms with E-state index in [1.165, 1.54) is 0 Å². The molecule has 0 nitrogen and oxygen atoms in total. The third-order valence-corrected chi connectivity index (χ3v) is 20.0. The zero-order valence-corrected chi connectivity index (χ0v) is 20.9. The fourth-order valence-electron chi connectivity index (χ4n) is 10.9. The van der Waals surface area contributed by atoms with Gasteiger partial charge in [0.1, 0.15) is 0 Å². The van der Waals surface area contributed by atoms with Gasteiger partial charge in [-0.25, -0.2) is 0 Å². The van der Waals surface area contributed by atoms with Crippen molar-refractivity contribution in [1.29, 1.82) is 0 Å². The Bertz CT molecular complexity index is 608. The van der Waals surface area contributed by atoms with Crippen LogP contribution in [-0.4, -0.2) is 0 Å². The SMILES string of the molecule is CC1(C)CC2CC[C]1([Cr]([C]13CCC(CC1(C)C)C3)[C]13CCC(CC1(C)C)C3)C2. The van der Waals surface area contributed by atoms with Crippen molar-refractivity contribution >= 4 is 0 Å². The van der Waals surface area contributed by atoms with E-state index >= 15 is 0 Å². The van der Waals surface area contributed by atoms with Crippen molar-refractivity contribution in [3.8, 4) is 0 Å². The summed E-state index contributed by atoms with van der Waals surface area (Å²) in [4.78, 5) is 0. The number of hydrogen-bond acceptors (Lipinski definition) is 0. The number of rotatable bonds is 3. The molecule has 159 valence electrons. The van der Waals surface area contributed by atoms with Crippen molar-refractivity contribution in [3.05, 3.63) is 0 Å². The summed E-state index contributed by atoms with van der Waals surface area (Å²) in [5.41, 5.74) is 1.87. The minimum absolute atomic E-state index is 0.623. The van der Waals surface area contributed by atoms with Crippen molar-refractivity contribution in [2.24, 2.45) is 34.0 Å². The predicted molar refractivity (Wildman–Crippen MR) is 115 cm³/mol. The summed E-state index contributed by atoms with van der Waals surface area (Å²) in [6, 6.07) is 0. The maximum atomic E-state index is 2.75. The molecule has 6 saturated carbocycles. The van der Waals surface area contributed by atoms with Crippen molar-refractivity contribution < 1.29 is 14.1 Å². The number of hydrogen-bond donors (Lipinski definition) is 0. The van der Waals surface area contributed by atoms with Gasteiger partial charge in [-0.2, -0.15) is 0 Å². The van der Waals surface area contributed by atoms with E-state index in [1.54, 1.807) is 77.0 Å². The van der Waals surface area contributed by atoms with Crippen LogP contribution < -0.4 is 0 Å². The molecule has 0 radical (unpaired) electrons. The van der Waals surface area contributed by atoms with Crippen LogP contribution in [0.1, 0.15) is 119 Å². The van der Waals surface area contributed by atoms with E-state index in [0.717, 1.165) is 30.6 Å². The molecule has 0 aromatic rings. The van der Waals surface area contributed by atoms with Crippen LogP contribution in [0.15, 0.2) is 0 Å². The van der Waals surface area contributed by atoms with Gasteiger partial charge < -0.3 is 0 Å². The molecule has 6 atom stereocenters. The fourth-order valence-corrected chi connectivity index (χ4v) is 20.8. The van der Waals surface area contributed by atoms with Crippen molar-refractivity contribution in [3.63, 3.8) is 0 Å². The molecule has 0 aromatic heterocycles. The predicted octanol–water partition coefficient (Wildman–Crippen LogP) is 8.77. The van der Waals surface area contributed by atoms with E-state index in [9.17, 15) is 0 Å². The molecule has 0 saturated heterocycles. The molecule has 0 amide bonds. The summed E-state index contributed by atoms with van der Waals surface area (Å²) < 4.78 is 2.31. The first-order valence-electron chi connectivity index (χ1n) is 12.7. The summed E-state index contributed by atoms with van der Waals surface area (Å²) in [6.07, 6.45) is 19.3. The second-order valence-corrected chi connectivity index (χ2v) is 19.0. The van der Waals surface area contributed by atoms with E-state index in [0.29, 0.717) is 16.2 Å². The maximum absolute atomic E-state index is 2.75. The fraction of sp³-hybridized carbons (Fsp3) is 1.00. The molecular weight excluding hydrogens is 376 g/mol. The Kier molecular flexibility index (Phi) is 3.63. The van der Waals surface area contributed by atoms with Crippen LogP contribution in [0, 0.1) is 34.0 Å². The van der Waals surface area contributed by atoms with E-state index < -0.39 is 14.1 Å². The molecule has 1 heteroatoms. The topological polar surface area (TPSA) is 0 Å². The Hall–Kier alpha value is 0.532. The van der Waals surface area contributed by atoms with Gasteiger partial charge in [-0.1, -0.05) is 0 Å². The summed E-state index contributed by atoms with van der Waals surface area (Å²) in [7, 11) is 0. The molecule has 6 bridgehead atoms. The van der Waals surface area contributed by atoms with E-state index in [2.05, 4.69) is 41.5 Å². The standard InChI is InChI=1S/3C9H15.Cr/c3*1-9(2)6-7-3-4-8(9)5-7;/h3*7H,3-6H2,1-2H3;. The summed E-state index contributed by atoms with van der Waals surface area (Å²) in [6.45, 7) is 16.5. The second kappa shape index (κ2) is 5.29. The molecule has 6 fully saturated rings. The van der Waals surface area contributed by atoms with Crippen LogP contribution in [0.4, 0.5) is 0 Å². The quantitative estimate of drug-likeness (QED) is 0.427. The van der Waals surface area contributed by atoms with E-state index in [1.807, 2.05) is 0 Å². The van der Waals surface area contributed by atoms with Crippen molar-refractivity contribution in [2.45, 2.75) is 131 Å². The first-order chi connectivity index (χ1) is 13.0. The molecule has 0 heterocycles. The van der Waals surface area contributed by atoms with Gasteiger partial charge in [-0.05, 0) is 0 Å². The Balaban J connectivity index is 1.60. The van der Waals surface area contributed by atoms with Gasteiger partial charge in [-0.3, -0.25) is 0 Å². The molecule has 28 heavy (non-hydrogen) atoms. The van der Waals surface area contributed by atoms with Gasteiger partial charge in [0.05, 0.1) is 0 Å². The molecule has 0 aromatic carbocycles. The first kappa shape index (κ1) is 19.2. The van der Waals surface area contributed by atoms with Crippen LogP contribution in [0.25, 0.3) is 0 Å². The van der Waals surface area contributed by atoms with Crippen LogP contribution in [0.3, 0.4) is 0 Å². The van der Waals surface area contributed by atoms with E-state index in [4.69, 9.17) is 0 Å². The van der Waals surface area contributed by atoms with Gasteiger partial charge in [0, 0.05) is 0 Å².